The predicted octanol–water partition coefficient (Wildman–Crippen LogP) is 2.87. The highest BCUT2D eigenvalue weighted by Crippen LogP contribution is 2.32. The van der Waals surface area contributed by atoms with Crippen molar-refractivity contribution in [2.75, 3.05) is 25.6 Å². The number of benzene rings is 1. The molecule has 0 bridgehead atoms. The van der Waals surface area contributed by atoms with Gasteiger partial charge in [0.05, 0.1) is 18.7 Å². The van der Waals surface area contributed by atoms with E-state index in [1.165, 1.54) is 11.3 Å². The van der Waals surface area contributed by atoms with Gasteiger partial charge in [0, 0.05) is 13.1 Å². The van der Waals surface area contributed by atoms with Gasteiger partial charge in [0.1, 0.15) is 16.8 Å². The van der Waals surface area contributed by atoms with Gasteiger partial charge in [-0.3, -0.25) is 9.69 Å². The second-order valence-electron chi connectivity index (χ2n) is 5.81. The summed E-state index contributed by atoms with van der Waals surface area (Å²) in [5.74, 6) is 0.886. The van der Waals surface area contributed by atoms with Gasteiger partial charge in [-0.1, -0.05) is 12.1 Å². The molecule has 0 radical (unpaired) electrons. The van der Waals surface area contributed by atoms with Crippen molar-refractivity contribution in [3.8, 4) is 11.8 Å². The summed E-state index contributed by atoms with van der Waals surface area (Å²) < 4.78 is 5.25. The summed E-state index contributed by atoms with van der Waals surface area (Å²) in [6.07, 6.45) is 0.766. The Balaban J connectivity index is 1.71. The van der Waals surface area contributed by atoms with E-state index < -0.39 is 0 Å². The molecule has 1 aliphatic heterocycles. The van der Waals surface area contributed by atoms with E-state index >= 15 is 0 Å². The third-order valence-corrected chi connectivity index (χ3v) is 5.22. The SMILES string of the molecule is COc1cccc(CN(C)C2CCN(c3sccc3C#N)C2=O)c1. The van der Waals surface area contributed by atoms with Gasteiger partial charge in [-0.15, -0.1) is 11.3 Å². The van der Waals surface area contributed by atoms with E-state index in [0.717, 1.165) is 22.7 Å². The van der Waals surface area contributed by atoms with Gasteiger partial charge in [0.25, 0.3) is 0 Å². The molecule has 0 spiro atoms. The van der Waals surface area contributed by atoms with Gasteiger partial charge < -0.3 is 9.64 Å². The molecule has 0 N–H and O–H groups in total. The number of hydrogen-bond acceptors (Lipinski definition) is 5. The van der Waals surface area contributed by atoms with Crippen LogP contribution >= 0.6 is 11.3 Å². The van der Waals surface area contributed by atoms with Gasteiger partial charge in [0.15, 0.2) is 0 Å². The fraction of sp³-hybridized carbons (Fsp3) is 0.333. The first-order valence-electron chi connectivity index (χ1n) is 7.76. The molecule has 0 saturated carbocycles. The minimum absolute atomic E-state index is 0.0688. The molecule has 1 fully saturated rings. The first-order valence-corrected chi connectivity index (χ1v) is 8.64. The van der Waals surface area contributed by atoms with Crippen LogP contribution in [-0.4, -0.2) is 37.6 Å². The Labute approximate surface area is 145 Å². The minimum Gasteiger partial charge on any atom is -0.497 e. The molecule has 24 heavy (non-hydrogen) atoms. The van der Waals surface area contributed by atoms with Gasteiger partial charge in [-0.25, -0.2) is 0 Å². The number of nitrogens with zero attached hydrogens (tertiary/aromatic N) is 3. The highest BCUT2D eigenvalue weighted by Gasteiger charge is 2.36. The summed E-state index contributed by atoms with van der Waals surface area (Å²) in [6.45, 7) is 1.33. The maximum atomic E-state index is 12.8. The Kier molecular flexibility index (Phi) is 4.84. The van der Waals surface area contributed by atoms with Crippen LogP contribution in [0, 0.1) is 11.3 Å². The number of rotatable bonds is 5. The molecule has 2 heterocycles. The van der Waals surface area contributed by atoms with Crippen molar-refractivity contribution >= 4 is 22.2 Å². The average Bonchev–Trinajstić information content (AvgIpc) is 3.20. The fourth-order valence-electron chi connectivity index (χ4n) is 3.04. The van der Waals surface area contributed by atoms with Crippen molar-refractivity contribution < 1.29 is 9.53 Å². The molecule has 1 aliphatic rings. The van der Waals surface area contributed by atoms with E-state index in [0.29, 0.717) is 18.7 Å². The van der Waals surface area contributed by atoms with Gasteiger partial charge in [-0.05, 0) is 42.6 Å². The lowest BCUT2D eigenvalue weighted by Gasteiger charge is -2.23. The molecule has 3 rings (SSSR count). The van der Waals surface area contributed by atoms with Crippen LogP contribution in [0.25, 0.3) is 0 Å². The number of nitriles is 1. The summed E-state index contributed by atoms with van der Waals surface area (Å²) in [5.41, 5.74) is 1.68. The molecule has 1 aromatic carbocycles. The van der Waals surface area contributed by atoms with Crippen LogP contribution in [0.1, 0.15) is 17.5 Å². The number of ether oxygens (including phenoxy) is 1. The number of anilines is 1. The zero-order valence-electron chi connectivity index (χ0n) is 13.7. The summed E-state index contributed by atoms with van der Waals surface area (Å²) in [4.78, 5) is 16.6. The lowest BCUT2D eigenvalue weighted by Crippen LogP contribution is -2.39. The number of thiophene rings is 1. The Morgan fingerprint density at radius 1 is 1.46 bits per heavy atom. The zero-order chi connectivity index (χ0) is 17.1. The fourth-order valence-corrected chi connectivity index (χ4v) is 3.92. The molecule has 6 heteroatoms. The first-order chi connectivity index (χ1) is 11.6. The maximum Gasteiger partial charge on any atom is 0.245 e. The Morgan fingerprint density at radius 2 is 2.29 bits per heavy atom. The van der Waals surface area contributed by atoms with Crippen LogP contribution in [0.5, 0.6) is 5.75 Å². The normalized spacial score (nSPS) is 17.3. The largest absolute Gasteiger partial charge is 0.497 e. The van der Waals surface area contributed by atoms with Crippen molar-refractivity contribution in [3.05, 3.63) is 46.8 Å². The highest BCUT2D eigenvalue weighted by molar-refractivity contribution is 7.14. The van der Waals surface area contributed by atoms with Gasteiger partial charge >= 0.3 is 0 Å². The molecular weight excluding hydrogens is 322 g/mol. The van der Waals surface area contributed by atoms with E-state index in [4.69, 9.17) is 10.00 Å². The van der Waals surface area contributed by atoms with Crippen LogP contribution in [0.4, 0.5) is 5.00 Å². The summed E-state index contributed by atoms with van der Waals surface area (Å²) in [7, 11) is 3.61. The van der Waals surface area contributed by atoms with E-state index in [1.807, 2.05) is 36.7 Å². The number of hydrogen-bond donors (Lipinski definition) is 0. The van der Waals surface area contributed by atoms with Crippen LogP contribution in [0.2, 0.25) is 0 Å². The molecule has 1 saturated heterocycles. The minimum atomic E-state index is -0.162. The first kappa shape index (κ1) is 16.5. The molecule has 1 atom stereocenters. The van der Waals surface area contributed by atoms with Crippen LogP contribution < -0.4 is 9.64 Å². The second kappa shape index (κ2) is 7.04. The van der Waals surface area contributed by atoms with Crippen molar-refractivity contribution in [2.24, 2.45) is 0 Å². The highest BCUT2D eigenvalue weighted by atomic mass is 32.1. The number of carbonyl (C=O) groups excluding carboxylic acids is 1. The summed E-state index contributed by atoms with van der Waals surface area (Å²) in [5, 5.41) is 11.8. The summed E-state index contributed by atoms with van der Waals surface area (Å²) >= 11 is 1.45. The molecule has 1 aromatic heterocycles. The number of likely N-dealkylation sites (N-methyl/N-ethyl adjacent to an activating group) is 1. The lowest BCUT2D eigenvalue weighted by atomic mass is 10.1. The van der Waals surface area contributed by atoms with E-state index in [1.54, 1.807) is 18.1 Å². The Hall–Kier alpha value is -2.36. The third-order valence-electron chi connectivity index (χ3n) is 4.29. The van der Waals surface area contributed by atoms with Crippen LogP contribution in [-0.2, 0) is 11.3 Å². The Morgan fingerprint density at radius 3 is 3.04 bits per heavy atom. The van der Waals surface area contributed by atoms with Crippen LogP contribution in [0.15, 0.2) is 35.7 Å². The van der Waals surface area contributed by atoms with E-state index in [-0.39, 0.29) is 11.9 Å². The van der Waals surface area contributed by atoms with Crippen molar-refractivity contribution in [1.82, 2.24) is 4.90 Å². The lowest BCUT2D eigenvalue weighted by molar-refractivity contribution is -0.121. The average molecular weight is 341 g/mol. The molecular formula is C18H19N3O2S. The van der Waals surface area contributed by atoms with Crippen molar-refractivity contribution in [2.45, 2.75) is 19.0 Å². The van der Waals surface area contributed by atoms with Crippen molar-refractivity contribution in [1.29, 1.82) is 5.26 Å². The summed E-state index contributed by atoms with van der Waals surface area (Å²) in [6, 6.07) is 11.6. The monoisotopic (exact) mass is 341 g/mol. The molecule has 2 aromatic rings. The predicted molar refractivity (Wildman–Crippen MR) is 94.3 cm³/mol. The van der Waals surface area contributed by atoms with Gasteiger partial charge in [0.2, 0.25) is 5.91 Å². The standard InChI is InChI=1S/C18H19N3O2S/c1-20(12-13-4-3-5-15(10-13)23-2)16-6-8-21(17(16)22)18-14(11-19)7-9-24-18/h3-5,7,9-10,16H,6,8,12H2,1-2H3. The molecule has 1 unspecified atom stereocenters. The molecule has 124 valence electrons. The Bertz CT molecular complexity index is 781. The molecule has 0 aliphatic carbocycles. The number of carbonyl (C=O) groups is 1. The quantitative estimate of drug-likeness (QED) is 0.839. The number of methoxy groups -OCH3 is 1. The number of amides is 1. The maximum absolute atomic E-state index is 12.8. The third kappa shape index (κ3) is 3.14. The smallest absolute Gasteiger partial charge is 0.245 e. The van der Waals surface area contributed by atoms with Crippen molar-refractivity contribution in [3.63, 3.8) is 0 Å². The molecule has 1 amide bonds. The molecule has 5 nitrogen and oxygen atoms in total. The zero-order valence-corrected chi connectivity index (χ0v) is 14.5. The van der Waals surface area contributed by atoms with Gasteiger partial charge in [-0.2, -0.15) is 5.26 Å². The topological polar surface area (TPSA) is 56.6 Å². The second-order valence-corrected chi connectivity index (χ2v) is 6.71. The van der Waals surface area contributed by atoms with E-state index in [2.05, 4.69) is 11.0 Å². The van der Waals surface area contributed by atoms with Crippen LogP contribution in [0.3, 0.4) is 0 Å². The van der Waals surface area contributed by atoms with E-state index in [9.17, 15) is 4.79 Å².